The Balaban J connectivity index is 1.86. The highest BCUT2D eigenvalue weighted by molar-refractivity contribution is 6.40. The van der Waals surface area contributed by atoms with E-state index in [1.807, 2.05) is 41.8 Å². The lowest BCUT2D eigenvalue weighted by Crippen LogP contribution is -2.01. The van der Waals surface area contributed by atoms with Gasteiger partial charge in [-0.3, -0.25) is 0 Å². The van der Waals surface area contributed by atoms with Crippen LogP contribution in [0.5, 0.6) is 0 Å². The van der Waals surface area contributed by atoms with Gasteiger partial charge in [0.05, 0.1) is 22.2 Å². The van der Waals surface area contributed by atoms with Gasteiger partial charge < -0.3 is 0 Å². The van der Waals surface area contributed by atoms with Crippen molar-refractivity contribution in [1.29, 1.82) is 0 Å². The lowest BCUT2D eigenvalue weighted by atomic mass is 10.1. The zero-order chi connectivity index (χ0) is 20.4. The average molecular weight is 430 g/mol. The van der Waals surface area contributed by atoms with Gasteiger partial charge in [0.25, 0.3) is 0 Å². The highest BCUT2D eigenvalue weighted by atomic mass is 35.5. The zero-order valence-corrected chi connectivity index (χ0v) is 17.3. The third-order valence-electron chi connectivity index (χ3n) is 5.40. The Morgan fingerprint density at radius 2 is 1.47 bits per heavy atom. The lowest BCUT2D eigenvalue weighted by Gasteiger charge is -2.11. The summed E-state index contributed by atoms with van der Waals surface area (Å²) in [6.07, 6.45) is 0. The second-order valence-corrected chi connectivity index (χ2v) is 7.87. The molecule has 6 rings (SSSR count). The van der Waals surface area contributed by atoms with E-state index in [1.165, 1.54) is 0 Å². The van der Waals surface area contributed by atoms with Crippen LogP contribution in [0.25, 0.3) is 49.7 Å². The topological polar surface area (TPSA) is 56.0 Å². The van der Waals surface area contributed by atoms with Gasteiger partial charge in [-0.15, -0.1) is 0 Å². The molecule has 0 fully saturated rings. The van der Waals surface area contributed by atoms with E-state index in [2.05, 4.69) is 40.3 Å². The Hall–Kier alpha value is -3.28. The molecule has 0 N–H and O–H groups in total. The first-order chi connectivity index (χ1) is 14.6. The van der Waals surface area contributed by atoms with Gasteiger partial charge in [0.2, 0.25) is 0 Å². The highest BCUT2D eigenvalue weighted by Gasteiger charge is 2.19. The number of pyridine rings is 2. The first-order valence-corrected chi connectivity index (χ1v) is 10.2. The molecule has 0 saturated carbocycles. The van der Waals surface area contributed by atoms with E-state index in [-0.39, 0.29) is 10.3 Å². The van der Waals surface area contributed by atoms with Gasteiger partial charge in [0, 0.05) is 21.9 Å². The van der Waals surface area contributed by atoms with E-state index < -0.39 is 0 Å². The maximum atomic E-state index is 6.15. The van der Waals surface area contributed by atoms with Crippen LogP contribution in [0.2, 0.25) is 10.3 Å². The van der Waals surface area contributed by atoms with E-state index >= 15 is 0 Å². The van der Waals surface area contributed by atoms with Crippen LogP contribution < -0.4 is 0 Å². The lowest BCUT2D eigenvalue weighted by molar-refractivity contribution is 1.00. The quantitative estimate of drug-likeness (QED) is 0.228. The van der Waals surface area contributed by atoms with Gasteiger partial charge >= 0.3 is 0 Å². The first kappa shape index (κ1) is 17.6. The fourth-order valence-corrected chi connectivity index (χ4v) is 4.27. The predicted molar refractivity (Wildman–Crippen MR) is 121 cm³/mol. The molecule has 0 amide bonds. The minimum atomic E-state index is 0.145. The molecular formula is C23H13Cl2N5. The van der Waals surface area contributed by atoms with Gasteiger partial charge in [-0.1, -0.05) is 77.8 Å². The second kappa shape index (κ2) is 6.36. The molecule has 0 spiro atoms. The van der Waals surface area contributed by atoms with Gasteiger partial charge in [-0.2, -0.15) is 5.10 Å². The molecule has 144 valence electrons. The summed E-state index contributed by atoms with van der Waals surface area (Å²) >= 11 is 12.3. The van der Waals surface area contributed by atoms with Crippen molar-refractivity contribution in [1.82, 2.24) is 24.6 Å². The van der Waals surface area contributed by atoms with Gasteiger partial charge in [0.15, 0.2) is 16.0 Å². The van der Waals surface area contributed by atoms with Crippen molar-refractivity contribution in [2.75, 3.05) is 0 Å². The summed E-state index contributed by atoms with van der Waals surface area (Å²) in [5, 5.41) is 7.34. The molecule has 0 atom stereocenters. The second-order valence-electron chi connectivity index (χ2n) is 7.15. The molecule has 30 heavy (non-hydrogen) atoms. The molecule has 5 nitrogen and oxygen atoms in total. The molecular weight excluding hydrogens is 417 g/mol. The van der Waals surface area contributed by atoms with Crippen LogP contribution in [-0.4, -0.2) is 24.6 Å². The number of rotatable bonds is 1. The van der Waals surface area contributed by atoms with Gasteiger partial charge in [-0.05, 0) is 13.0 Å². The highest BCUT2D eigenvalue weighted by Crippen LogP contribution is 2.34. The molecule has 2 aromatic carbocycles. The Kier molecular flexibility index (Phi) is 3.72. The number of hydrogen-bond acceptors (Lipinski definition) is 4. The fraction of sp³-hybridized carbons (Fsp3) is 0.0435. The Labute approximate surface area is 180 Å². The summed E-state index contributed by atoms with van der Waals surface area (Å²) in [5.74, 6) is 0. The standard InChI is InChI=1S/C23H13Cl2N5/c1-12-18-23(28-22(25)21(24)26-18)27-19-15-10-6-5-9-14(15)17-11-16(29-30(17)20(12)19)13-7-3-2-4-8-13/h2-11H,1H3. The minimum Gasteiger partial charge on any atom is -0.230 e. The van der Waals surface area contributed by atoms with Crippen molar-refractivity contribution in [3.8, 4) is 11.3 Å². The summed E-state index contributed by atoms with van der Waals surface area (Å²) < 4.78 is 1.95. The molecule has 0 aliphatic rings. The fourth-order valence-electron chi connectivity index (χ4n) is 4.02. The predicted octanol–water partition coefficient (Wildman–Crippen LogP) is 6.26. The van der Waals surface area contributed by atoms with Crippen LogP contribution in [0, 0.1) is 6.92 Å². The molecule has 0 aliphatic heterocycles. The normalized spacial score (nSPS) is 11.8. The molecule has 4 aromatic heterocycles. The molecule has 4 heterocycles. The van der Waals surface area contributed by atoms with Crippen molar-refractivity contribution in [2.24, 2.45) is 0 Å². The third-order valence-corrected chi connectivity index (χ3v) is 6.02. The van der Waals surface area contributed by atoms with Crippen molar-refractivity contribution < 1.29 is 0 Å². The first-order valence-electron chi connectivity index (χ1n) is 9.41. The molecule has 0 aliphatic carbocycles. The summed E-state index contributed by atoms with van der Waals surface area (Å²) in [5.41, 5.74) is 6.63. The molecule has 7 heteroatoms. The van der Waals surface area contributed by atoms with Crippen molar-refractivity contribution >= 4 is 61.7 Å². The number of nitrogens with zero attached hydrogens (tertiary/aromatic N) is 5. The molecule has 0 unspecified atom stereocenters. The number of hydrogen-bond donors (Lipinski definition) is 0. The molecule has 6 aromatic rings. The monoisotopic (exact) mass is 429 g/mol. The Morgan fingerprint density at radius 1 is 0.767 bits per heavy atom. The Morgan fingerprint density at radius 3 is 2.27 bits per heavy atom. The summed E-state index contributed by atoms with van der Waals surface area (Å²) in [6, 6.07) is 20.4. The van der Waals surface area contributed by atoms with Crippen LogP contribution in [0.3, 0.4) is 0 Å². The number of aromatic nitrogens is 5. The molecule has 0 saturated heterocycles. The van der Waals surface area contributed by atoms with Crippen LogP contribution in [0.1, 0.15) is 5.56 Å². The van der Waals surface area contributed by atoms with E-state index in [0.29, 0.717) is 11.2 Å². The third kappa shape index (κ3) is 2.43. The average Bonchev–Trinajstić information content (AvgIpc) is 3.21. The van der Waals surface area contributed by atoms with Crippen LogP contribution in [0.15, 0.2) is 60.7 Å². The maximum Gasteiger partial charge on any atom is 0.180 e. The largest absolute Gasteiger partial charge is 0.230 e. The molecule has 0 radical (unpaired) electrons. The number of fused-ring (bicyclic) bond motifs is 7. The van der Waals surface area contributed by atoms with Gasteiger partial charge in [-0.25, -0.2) is 19.5 Å². The van der Waals surface area contributed by atoms with E-state index in [9.17, 15) is 0 Å². The van der Waals surface area contributed by atoms with Crippen LogP contribution >= 0.6 is 23.2 Å². The number of halogens is 2. The smallest absolute Gasteiger partial charge is 0.180 e. The van der Waals surface area contributed by atoms with Crippen LogP contribution in [0.4, 0.5) is 0 Å². The van der Waals surface area contributed by atoms with Gasteiger partial charge in [0.1, 0.15) is 5.52 Å². The number of benzene rings is 2. The van der Waals surface area contributed by atoms with E-state index in [4.69, 9.17) is 33.3 Å². The SMILES string of the molecule is Cc1c2nc(Cl)c(Cl)nc2nc2c3ccccc3c3cc(-c4ccccc4)nn3c12. The maximum absolute atomic E-state index is 6.15. The van der Waals surface area contributed by atoms with E-state index in [0.717, 1.165) is 44.1 Å². The summed E-state index contributed by atoms with van der Waals surface area (Å²) in [7, 11) is 0. The van der Waals surface area contributed by atoms with Crippen molar-refractivity contribution in [3.63, 3.8) is 0 Å². The Bertz CT molecular complexity index is 1620. The minimum absolute atomic E-state index is 0.145. The molecule has 0 bridgehead atoms. The summed E-state index contributed by atoms with van der Waals surface area (Å²) in [4.78, 5) is 13.6. The van der Waals surface area contributed by atoms with Crippen molar-refractivity contribution in [3.05, 3.63) is 76.5 Å². The van der Waals surface area contributed by atoms with Crippen LogP contribution in [-0.2, 0) is 0 Å². The zero-order valence-electron chi connectivity index (χ0n) is 15.8. The summed E-state index contributed by atoms with van der Waals surface area (Å²) in [6.45, 7) is 1.99. The number of aryl methyl sites for hydroxylation is 1. The van der Waals surface area contributed by atoms with Crippen molar-refractivity contribution in [2.45, 2.75) is 6.92 Å². The van der Waals surface area contributed by atoms with E-state index in [1.54, 1.807) is 0 Å².